The number of hydrogen-bond donors (Lipinski definition) is 2. The molecule has 0 aliphatic carbocycles. The molecule has 0 heterocycles. The Morgan fingerprint density at radius 1 is 1.20 bits per heavy atom. The number of hydrogen-bond acceptors (Lipinski definition) is 3. The van der Waals surface area contributed by atoms with E-state index >= 15 is 0 Å². The predicted octanol–water partition coefficient (Wildman–Crippen LogP) is -0.111. The Morgan fingerprint density at radius 2 is 1.90 bits per heavy atom. The molecule has 0 aromatic carbocycles. The molecule has 0 amide bonds. The first kappa shape index (κ1) is 9.59. The van der Waals surface area contributed by atoms with Crippen LogP contribution in [-0.4, -0.2) is 19.4 Å². The van der Waals surface area contributed by atoms with Crippen molar-refractivity contribution in [3.63, 3.8) is 0 Å². The van der Waals surface area contributed by atoms with Gasteiger partial charge in [-0.05, 0) is 32.4 Å². The van der Waals surface area contributed by atoms with Crippen molar-refractivity contribution < 1.29 is 4.79 Å². The lowest BCUT2D eigenvalue weighted by Crippen LogP contribution is -2.11. The van der Waals surface area contributed by atoms with Crippen molar-refractivity contribution in [2.75, 3.05) is 13.1 Å². The monoisotopic (exact) mass is 144 g/mol. The Hall–Kier alpha value is -0.410. The first-order valence-corrected chi connectivity index (χ1v) is 3.70. The minimum atomic E-state index is 0.133. The van der Waals surface area contributed by atoms with Gasteiger partial charge in [0.2, 0.25) is 0 Å². The van der Waals surface area contributed by atoms with Crippen molar-refractivity contribution in [1.29, 1.82) is 0 Å². The minimum absolute atomic E-state index is 0.133. The van der Waals surface area contributed by atoms with Crippen molar-refractivity contribution in [2.45, 2.75) is 19.3 Å². The SMILES string of the molecule is NCCCC(C=O)CCN. The van der Waals surface area contributed by atoms with Gasteiger partial charge in [0.05, 0.1) is 0 Å². The van der Waals surface area contributed by atoms with Crippen LogP contribution in [0.15, 0.2) is 0 Å². The number of nitrogens with two attached hydrogens (primary N) is 2. The summed E-state index contributed by atoms with van der Waals surface area (Å²) >= 11 is 0. The first-order chi connectivity index (χ1) is 4.85. The highest BCUT2D eigenvalue weighted by Crippen LogP contribution is 2.05. The highest BCUT2D eigenvalue weighted by atomic mass is 16.1. The van der Waals surface area contributed by atoms with Crippen LogP contribution in [0.5, 0.6) is 0 Å². The molecule has 60 valence electrons. The van der Waals surface area contributed by atoms with Crippen LogP contribution in [-0.2, 0) is 4.79 Å². The maximum atomic E-state index is 10.3. The Kier molecular flexibility index (Phi) is 6.43. The van der Waals surface area contributed by atoms with E-state index in [4.69, 9.17) is 11.5 Å². The van der Waals surface area contributed by atoms with Gasteiger partial charge in [0.15, 0.2) is 0 Å². The lowest BCUT2D eigenvalue weighted by Gasteiger charge is -2.05. The quantitative estimate of drug-likeness (QED) is 0.511. The highest BCUT2D eigenvalue weighted by molar-refractivity contribution is 5.53. The molecule has 3 nitrogen and oxygen atoms in total. The summed E-state index contributed by atoms with van der Waals surface area (Å²) in [6, 6.07) is 0. The summed E-state index contributed by atoms with van der Waals surface area (Å²) in [4.78, 5) is 10.3. The van der Waals surface area contributed by atoms with Gasteiger partial charge < -0.3 is 16.3 Å². The molecule has 10 heavy (non-hydrogen) atoms. The second-order valence-electron chi connectivity index (χ2n) is 2.40. The molecule has 0 saturated heterocycles. The summed E-state index contributed by atoms with van der Waals surface area (Å²) in [5.74, 6) is 0.133. The number of aldehydes is 1. The minimum Gasteiger partial charge on any atom is -0.330 e. The van der Waals surface area contributed by atoms with E-state index in [1.54, 1.807) is 0 Å². The molecule has 1 atom stereocenters. The van der Waals surface area contributed by atoms with Gasteiger partial charge in [-0.2, -0.15) is 0 Å². The fourth-order valence-electron chi connectivity index (χ4n) is 0.875. The van der Waals surface area contributed by atoms with Crippen LogP contribution >= 0.6 is 0 Å². The van der Waals surface area contributed by atoms with Crippen LogP contribution in [0.2, 0.25) is 0 Å². The van der Waals surface area contributed by atoms with Gasteiger partial charge in [0.1, 0.15) is 6.29 Å². The summed E-state index contributed by atoms with van der Waals surface area (Å²) in [5, 5.41) is 0. The van der Waals surface area contributed by atoms with Crippen LogP contribution in [0.25, 0.3) is 0 Å². The first-order valence-electron chi connectivity index (χ1n) is 3.70. The molecule has 0 aliphatic rings. The van der Waals surface area contributed by atoms with E-state index in [0.29, 0.717) is 13.1 Å². The summed E-state index contributed by atoms with van der Waals surface area (Å²) < 4.78 is 0. The third-order valence-corrected chi connectivity index (χ3v) is 1.51. The fraction of sp³-hybridized carbons (Fsp3) is 0.857. The van der Waals surface area contributed by atoms with E-state index < -0.39 is 0 Å². The highest BCUT2D eigenvalue weighted by Gasteiger charge is 2.03. The molecular formula is C7H16N2O. The topological polar surface area (TPSA) is 69.1 Å². The summed E-state index contributed by atoms with van der Waals surface area (Å²) in [6.07, 6.45) is 3.58. The number of carbonyl (C=O) groups is 1. The molecule has 0 aromatic rings. The molecule has 1 unspecified atom stereocenters. The standard InChI is InChI=1S/C7H16N2O/c8-4-1-2-7(6-10)3-5-9/h6-7H,1-5,8-9H2. The van der Waals surface area contributed by atoms with E-state index in [1.165, 1.54) is 0 Å². The second kappa shape index (κ2) is 6.71. The van der Waals surface area contributed by atoms with Gasteiger partial charge in [0.25, 0.3) is 0 Å². The molecule has 0 bridgehead atoms. The Bertz CT molecular complexity index is 85.7. The Balaban J connectivity index is 3.29. The zero-order chi connectivity index (χ0) is 7.82. The van der Waals surface area contributed by atoms with Crippen LogP contribution in [0, 0.1) is 5.92 Å². The molecule has 0 rings (SSSR count). The third kappa shape index (κ3) is 4.47. The molecule has 0 radical (unpaired) electrons. The van der Waals surface area contributed by atoms with Gasteiger partial charge in [-0.1, -0.05) is 0 Å². The van der Waals surface area contributed by atoms with Crippen molar-refractivity contribution in [2.24, 2.45) is 17.4 Å². The maximum absolute atomic E-state index is 10.3. The second-order valence-corrected chi connectivity index (χ2v) is 2.40. The molecule has 0 aliphatic heterocycles. The van der Waals surface area contributed by atoms with Crippen LogP contribution in [0.3, 0.4) is 0 Å². The molecule has 0 aromatic heterocycles. The average molecular weight is 144 g/mol. The van der Waals surface area contributed by atoms with Crippen LogP contribution in [0.1, 0.15) is 19.3 Å². The van der Waals surface area contributed by atoms with E-state index in [-0.39, 0.29) is 5.92 Å². The third-order valence-electron chi connectivity index (χ3n) is 1.51. The Labute approximate surface area is 61.8 Å². The largest absolute Gasteiger partial charge is 0.330 e. The van der Waals surface area contributed by atoms with Crippen molar-refractivity contribution in [1.82, 2.24) is 0 Å². The average Bonchev–Trinajstić information content (AvgIpc) is 1.98. The number of carbonyl (C=O) groups excluding carboxylic acids is 1. The van der Waals surface area contributed by atoms with Gasteiger partial charge in [-0.3, -0.25) is 0 Å². The fourth-order valence-corrected chi connectivity index (χ4v) is 0.875. The van der Waals surface area contributed by atoms with E-state index in [2.05, 4.69) is 0 Å². The van der Waals surface area contributed by atoms with E-state index in [1.807, 2.05) is 0 Å². The van der Waals surface area contributed by atoms with Crippen LogP contribution < -0.4 is 11.5 Å². The predicted molar refractivity (Wildman–Crippen MR) is 41.5 cm³/mol. The molecule has 0 fully saturated rings. The molecule has 3 heteroatoms. The van der Waals surface area contributed by atoms with Crippen molar-refractivity contribution in [3.05, 3.63) is 0 Å². The zero-order valence-electron chi connectivity index (χ0n) is 6.25. The van der Waals surface area contributed by atoms with E-state index in [9.17, 15) is 4.79 Å². The maximum Gasteiger partial charge on any atom is 0.123 e. The number of rotatable bonds is 6. The molecule has 0 spiro atoms. The lowest BCUT2D eigenvalue weighted by atomic mass is 10.0. The van der Waals surface area contributed by atoms with Gasteiger partial charge in [-0.25, -0.2) is 0 Å². The molecule has 0 saturated carbocycles. The van der Waals surface area contributed by atoms with Crippen molar-refractivity contribution in [3.8, 4) is 0 Å². The van der Waals surface area contributed by atoms with Crippen molar-refractivity contribution >= 4 is 6.29 Å². The molecule has 4 N–H and O–H groups in total. The molecular weight excluding hydrogens is 128 g/mol. The summed E-state index contributed by atoms with van der Waals surface area (Å²) in [6.45, 7) is 1.25. The lowest BCUT2D eigenvalue weighted by molar-refractivity contribution is -0.111. The van der Waals surface area contributed by atoms with E-state index in [0.717, 1.165) is 25.5 Å². The zero-order valence-corrected chi connectivity index (χ0v) is 6.25. The summed E-state index contributed by atoms with van der Waals surface area (Å²) in [5.41, 5.74) is 10.6. The van der Waals surface area contributed by atoms with Gasteiger partial charge in [0, 0.05) is 5.92 Å². The van der Waals surface area contributed by atoms with Gasteiger partial charge >= 0.3 is 0 Å². The smallest absolute Gasteiger partial charge is 0.123 e. The normalized spacial score (nSPS) is 13.0. The Morgan fingerprint density at radius 3 is 2.30 bits per heavy atom. The summed E-state index contributed by atoms with van der Waals surface area (Å²) in [7, 11) is 0. The van der Waals surface area contributed by atoms with Gasteiger partial charge in [-0.15, -0.1) is 0 Å². The van der Waals surface area contributed by atoms with Crippen LogP contribution in [0.4, 0.5) is 0 Å².